The maximum Gasteiger partial charge on any atom is 0.158 e. The zero-order valence-electron chi connectivity index (χ0n) is 8.58. The molecule has 1 aromatic rings. The van der Waals surface area contributed by atoms with Crippen molar-refractivity contribution < 1.29 is 4.79 Å². The maximum atomic E-state index is 11.7. The number of hydrogen-bond acceptors (Lipinski definition) is 3. The van der Waals surface area contributed by atoms with E-state index in [1.165, 1.54) is 0 Å². The molecule has 2 rings (SSSR count). The zero-order valence-corrected chi connectivity index (χ0v) is 8.58. The lowest BCUT2D eigenvalue weighted by Crippen LogP contribution is -2.34. The molecule has 0 radical (unpaired) electrons. The maximum absolute atomic E-state index is 11.7. The average Bonchev–Trinajstić information content (AvgIpc) is 2.76. The van der Waals surface area contributed by atoms with Gasteiger partial charge in [0.05, 0.1) is 17.7 Å². The van der Waals surface area contributed by atoms with Crippen molar-refractivity contribution in [1.29, 1.82) is 0 Å². The lowest BCUT2D eigenvalue weighted by Gasteiger charge is -2.06. The number of aromatic nitrogens is 2. The molecule has 0 atom stereocenters. The highest BCUT2D eigenvalue weighted by Gasteiger charge is 2.45. The Kier molecular flexibility index (Phi) is 1.96. The summed E-state index contributed by atoms with van der Waals surface area (Å²) in [5, 5.41) is 4.19. The first kappa shape index (κ1) is 9.40. The van der Waals surface area contributed by atoms with Gasteiger partial charge >= 0.3 is 0 Å². The summed E-state index contributed by atoms with van der Waals surface area (Å²) in [6.45, 7) is 1.92. The molecule has 0 aromatic carbocycles. The van der Waals surface area contributed by atoms with E-state index in [4.69, 9.17) is 5.73 Å². The van der Waals surface area contributed by atoms with Crippen LogP contribution < -0.4 is 5.73 Å². The Morgan fingerprint density at radius 3 is 2.79 bits per heavy atom. The number of hydrogen-bond donors (Lipinski definition) is 1. The van der Waals surface area contributed by atoms with Gasteiger partial charge in [0.2, 0.25) is 0 Å². The van der Waals surface area contributed by atoms with Crippen molar-refractivity contribution in [2.24, 2.45) is 12.8 Å². The summed E-state index contributed by atoms with van der Waals surface area (Å²) >= 11 is 0. The van der Waals surface area contributed by atoms with Crippen LogP contribution in [-0.2, 0) is 18.3 Å². The molecule has 1 saturated carbocycles. The quantitative estimate of drug-likeness (QED) is 0.752. The molecular formula is C10H15N3O. The summed E-state index contributed by atoms with van der Waals surface area (Å²) < 4.78 is 1.75. The van der Waals surface area contributed by atoms with Gasteiger partial charge in [0.1, 0.15) is 0 Å². The molecule has 4 nitrogen and oxygen atoms in total. The van der Waals surface area contributed by atoms with Gasteiger partial charge in [0.25, 0.3) is 0 Å². The number of carbonyl (C=O) groups excluding carboxylic acids is 1. The minimum absolute atomic E-state index is 0.139. The van der Waals surface area contributed by atoms with Crippen LogP contribution in [0.2, 0.25) is 0 Å². The van der Waals surface area contributed by atoms with Crippen LogP contribution in [0, 0.1) is 6.92 Å². The first-order valence-corrected chi connectivity index (χ1v) is 4.83. The fourth-order valence-electron chi connectivity index (χ4n) is 1.58. The molecule has 1 aromatic heterocycles. The Morgan fingerprint density at radius 1 is 1.71 bits per heavy atom. The molecule has 1 aliphatic rings. The second-order valence-electron chi connectivity index (χ2n) is 4.16. The first-order chi connectivity index (χ1) is 6.51. The summed E-state index contributed by atoms with van der Waals surface area (Å²) in [5.74, 6) is 0.139. The molecule has 0 amide bonds. The van der Waals surface area contributed by atoms with Gasteiger partial charge in [0, 0.05) is 12.7 Å². The number of nitrogens with two attached hydrogens (primary N) is 1. The van der Waals surface area contributed by atoms with Crippen molar-refractivity contribution in [2.45, 2.75) is 31.7 Å². The third-order valence-corrected chi connectivity index (χ3v) is 2.78. The molecule has 76 valence electrons. The predicted molar refractivity (Wildman–Crippen MR) is 52.8 cm³/mol. The van der Waals surface area contributed by atoms with Crippen LogP contribution in [0.15, 0.2) is 6.07 Å². The second-order valence-corrected chi connectivity index (χ2v) is 4.16. The normalized spacial score (nSPS) is 18.2. The number of nitrogens with zero attached hydrogens (tertiary/aromatic N) is 2. The van der Waals surface area contributed by atoms with Crippen molar-refractivity contribution >= 4 is 5.78 Å². The molecule has 0 saturated heterocycles. The molecule has 1 heterocycles. The molecule has 2 N–H and O–H groups in total. The molecule has 0 unspecified atom stereocenters. The van der Waals surface area contributed by atoms with E-state index in [1.807, 2.05) is 20.0 Å². The number of rotatable bonds is 3. The fourth-order valence-corrected chi connectivity index (χ4v) is 1.58. The van der Waals surface area contributed by atoms with Gasteiger partial charge in [-0.3, -0.25) is 9.48 Å². The smallest absolute Gasteiger partial charge is 0.158 e. The van der Waals surface area contributed by atoms with E-state index < -0.39 is 5.54 Å². The second kappa shape index (κ2) is 2.92. The molecule has 14 heavy (non-hydrogen) atoms. The van der Waals surface area contributed by atoms with Gasteiger partial charge < -0.3 is 5.73 Å². The Morgan fingerprint density at radius 2 is 2.36 bits per heavy atom. The topological polar surface area (TPSA) is 60.9 Å². The van der Waals surface area contributed by atoms with Crippen LogP contribution in [0.4, 0.5) is 0 Å². The van der Waals surface area contributed by atoms with Gasteiger partial charge in [-0.15, -0.1) is 0 Å². The van der Waals surface area contributed by atoms with Crippen LogP contribution in [-0.4, -0.2) is 21.1 Å². The highest BCUT2D eigenvalue weighted by Crippen LogP contribution is 2.33. The van der Waals surface area contributed by atoms with E-state index in [1.54, 1.807) is 4.68 Å². The van der Waals surface area contributed by atoms with Crippen molar-refractivity contribution in [3.05, 3.63) is 17.5 Å². The van der Waals surface area contributed by atoms with E-state index >= 15 is 0 Å². The fraction of sp³-hybridized carbons (Fsp3) is 0.600. The molecule has 4 heteroatoms. The molecule has 0 bridgehead atoms. The molecule has 1 fully saturated rings. The van der Waals surface area contributed by atoms with Crippen molar-refractivity contribution in [3.63, 3.8) is 0 Å². The lowest BCUT2D eigenvalue weighted by molar-refractivity contribution is -0.120. The van der Waals surface area contributed by atoms with Gasteiger partial charge in [0.15, 0.2) is 5.78 Å². The number of aryl methyl sites for hydroxylation is 2. The number of ketones is 1. The van der Waals surface area contributed by atoms with E-state index in [2.05, 4.69) is 5.10 Å². The Bertz CT molecular complexity index is 377. The van der Waals surface area contributed by atoms with Crippen LogP contribution in [0.5, 0.6) is 0 Å². The third kappa shape index (κ3) is 1.57. The van der Waals surface area contributed by atoms with Gasteiger partial charge in [-0.25, -0.2) is 0 Å². The van der Waals surface area contributed by atoms with Gasteiger partial charge in [-0.1, -0.05) is 0 Å². The Hall–Kier alpha value is -1.16. The molecule has 0 spiro atoms. The molecular weight excluding hydrogens is 178 g/mol. The third-order valence-electron chi connectivity index (χ3n) is 2.78. The molecule has 1 aliphatic carbocycles. The number of Topliss-reactive ketones (excluding diaryl/α,β-unsaturated/α-hetero) is 1. The Labute approximate surface area is 83.1 Å². The van der Waals surface area contributed by atoms with Crippen molar-refractivity contribution in [3.8, 4) is 0 Å². The van der Waals surface area contributed by atoms with Crippen LogP contribution >= 0.6 is 0 Å². The minimum Gasteiger partial charge on any atom is -0.319 e. The Balaban J connectivity index is 2.11. The standard InChI is InChI=1S/C10H15N3O/c1-7-5-8(13(2)12-7)6-9(14)10(11)3-4-10/h5H,3-4,6,11H2,1-2H3. The summed E-state index contributed by atoms with van der Waals surface area (Å²) in [5.41, 5.74) is 7.19. The first-order valence-electron chi connectivity index (χ1n) is 4.83. The van der Waals surface area contributed by atoms with E-state index in [-0.39, 0.29) is 5.78 Å². The van der Waals surface area contributed by atoms with Crippen LogP contribution in [0.25, 0.3) is 0 Å². The minimum atomic E-state index is -0.516. The average molecular weight is 193 g/mol. The monoisotopic (exact) mass is 193 g/mol. The van der Waals surface area contributed by atoms with Crippen LogP contribution in [0.1, 0.15) is 24.2 Å². The highest BCUT2D eigenvalue weighted by atomic mass is 16.1. The van der Waals surface area contributed by atoms with Gasteiger partial charge in [-0.2, -0.15) is 5.10 Å². The predicted octanol–water partition coefficient (Wildman–Crippen LogP) is 0.331. The highest BCUT2D eigenvalue weighted by molar-refractivity contribution is 5.92. The zero-order chi connectivity index (χ0) is 10.3. The largest absolute Gasteiger partial charge is 0.319 e. The lowest BCUT2D eigenvalue weighted by atomic mass is 10.1. The van der Waals surface area contributed by atoms with Gasteiger partial charge in [-0.05, 0) is 25.8 Å². The molecule has 0 aliphatic heterocycles. The summed E-state index contributed by atoms with van der Waals surface area (Å²) in [6.07, 6.45) is 2.08. The van der Waals surface area contributed by atoms with E-state index in [0.29, 0.717) is 6.42 Å². The van der Waals surface area contributed by atoms with Crippen LogP contribution in [0.3, 0.4) is 0 Å². The van der Waals surface area contributed by atoms with E-state index in [0.717, 1.165) is 24.2 Å². The number of carbonyl (C=O) groups is 1. The van der Waals surface area contributed by atoms with Crippen molar-refractivity contribution in [2.75, 3.05) is 0 Å². The summed E-state index contributed by atoms with van der Waals surface area (Å²) in [6, 6.07) is 1.93. The van der Waals surface area contributed by atoms with Crippen molar-refractivity contribution in [1.82, 2.24) is 9.78 Å². The summed E-state index contributed by atoms with van der Waals surface area (Å²) in [4.78, 5) is 11.7. The summed E-state index contributed by atoms with van der Waals surface area (Å²) in [7, 11) is 1.85. The SMILES string of the molecule is Cc1cc(CC(=O)C2(N)CC2)n(C)n1. The van der Waals surface area contributed by atoms with E-state index in [9.17, 15) is 4.79 Å².